The van der Waals surface area contributed by atoms with Crippen molar-refractivity contribution in [3.05, 3.63) is 69.9 Å². The van der Waals surface area contributed by atoms with Crippen molar-refractivity contribution in [3.63, 3.8) is 0 Å². The van der Waals surface area contributed by atoms with Crippen LogP contribution >= 0.6 is 0 Å². The van der Waals surface area contributed by atoms with E-state index in [2.05, 4.69) is 5.32 Å². The Hall–Kier alpha value is -3.48. The zero-order valence-corrected chi connectivity index (χ0v) is 13.9. The topological polar surface area (TPSA) is 93.9 Å². The molecule has 0 fully saturated rings. The summed E-state index contributed by atoms with van der Waals surface area (Å²) >= 11 is 0. The van der Waals surface area contributed by atoms with Gasteiger partial charge < -0.3 is 15.4 Å². The molecule has 0 radical (unpaired) electrons. The number of rotatable bonds is 0. The number of nitrogens with one attached hydrogen (secondary N) is 2. The van der Waals surface area contributed by atoms with E-state index in [0.717, 1.165) is 16.7 Å². The lowest BCUT2D eigenvalue weighted by Gasteiger charge is -2.20. The number of carbonyl (C=O) groups excluding carboxylic acids is 2. The Balaban J connectivity index is 1.83. The van der Waals surface area contributed by atoms with Gasteiger partial charge in [-0.2, -0.15) is 0 Å². The van der Waals surface area contributed by atoms with Crippen LogP contribution in [0, 0.1) is 5.21 Å². The van der Waals surface area contributed by atoms with E-state index in [9.17, 15) is 19.9 Å². The zero-order valence-electron chi connectivity index (χ0n) is 13.9. The van der Waals surface area contributed by atoms with Gasteiger partial charge in [-0.1, -0.05) is 30.3 Å². The van der Waals surface area contributed by atoms with Crippen molar-refractivity contribution in [2.75, 3.05) is 0 Å². The van der Waals surface area contributed by atoms with E-state index in [1.807, 2.05) is 24.3 Å². The van der Waals surface area contributed by atoms with Crippen LogP contribution in [-0.2, 0) is 6.42 Å². The van der Waals surface area contributed by atoms with Crippen molar-refractivity contribution < 1.29 is 19.8 Å². The Bertz CT molecular complexity index is 1250. The zero-order chi connectivity index (χ0) is 18.4. The highest BCUT2D eigenvalue weighted by Crippen LogP contribution is 2.54. The van der Waals surface area contributed by atoms with Gasteiger partial charge in [0.2, 0.25) is 0 Å². The molecule has 0 saturated heterocycles. The number of hydrogen-bond donors (Lipinski definition) is 3. The molecular formula is C21H12N2O4. The fourth-order valence-electron chi connectivity index (χ4n) is 4.69. The number of carbonyl (C=O) groups is 2. The fraction of sp³-hybridized carbons (Fsp3) is 0.0476. The van der Waals surface area contributed by atoms with Gasteiger partial charge in [-0.3, -0.25) is 14.9 Å². The summed E-state index contributed by atoms with van der Waals surface area (Å²) in [6, 6.07) is 12.4. The van der Waals surface area contributed by atoms with Crippen LogP contribution < -0.4 is 10.4 Å². The number of hydrogen-bond acceptors (Lipinski definition) is 4. The number of fused-ring (bicyclic) bond motifs is 10. The number of imide groups is 1. The first-order valence-electron chi connectivity index (χ1n) is 8.61. The summed E-state index contributed by atoms with van der Waals surface area (Å²) in [7, 11) is 0. The van der Waals surface area contributed by atoms with Crippen molar-refractivity contribution >= 4 is 23.2 Å². The molecule has 6 nitrogen and oxygen atoms in total. The van der Waals surface area contributed by atoms with Crippen LogP contribution in [0.3, 0.4) is 0 Å². The number of phenols is 1. The summed E-state index contributed by atoms with van der Waals surface area (Å²) in [5.41, 5.74) is 5.35. The van der Waals surface area contributed by atoms with Gasteiger partial charge in [0, 0.05) is 23.6 Å². The van der Waals surface area contributed by atoms with Crippen LogP contribution in [-0.4, -0.2) is 16.9 Å². The highest BCUT2D eigenvalue weighted by Gasteiger charge is 2.46. The van der Waals surface area contributed by atoms with Crippen LogP contribution in [0.4, 0.5) is 11.4 Å². The lowest BCUT2D eigenvalue weighted by atomic mass is 9.88. The molecule has 3 N–H and O–H groups in total. The van der Waals surface area contributed by atoms with Gasteiger partial charge in [-0.05, 0) is 17.2 Å². The van der Waals surface area contributed by atoms with Gasteiger partial charge in [-0.15, -0.1) is 0 Å². The first-order valence-corrected chi connectivity index (χ1v) is 8.61. The fourth-order valence-corrected chi connectivity index (χ4v) is 4.69. The molecule has 2 heterocycles. The molecule has 1 unspecified atom stereocenters. The minimum atomic E-state index is -0.526. The Morgan fingerprint density at radius 2 is 1.63 bits per heavy atom. The minimum Gasteiger partial charge on any atom is -0.623 e. The van der Waals surface area contributed by atoms with Gasteiger partial charge in [0.25, 0.3) is 11.8 Å². The predicted molar refractivity (Wildman–Crippen MR) is 97.2 cm³/mol. The molecule has 1 aliphatic carbocycles. The van der Waals surface area contributed by atoms with Crippen molar-refractivity contribution in [1.29, 1.82) is 0 Å². The molecule has 6 rings (SSSR count). The molecule has 6 heteroatoms. The van der Waals surface area contributed by atoms with E-state index in [0.29, 0.717) is 40.0 Å². The van der Waals surface area contributed by atoms with E-state index < -0.39 is 11.8 Å². The number of quaternary nitrogens is 1. The van der Waals surface area contributed by atoms with Crippen molar-refractivity contribution in [1.82, 2.24) is 5.32 Å². The average molecular weight is 356 g/mol. The third-order valence-electron chi connectivity index (χ3n) is 5.70. The summed E-state index contributed by atoms with van der Waals surface area (Å²) in [5.74, 6) is -1.05. The van der Waals surface area contributed by atoms with Gasteiger partial charge in [-0.25, -0.2) is 0 Å². The average Bonchev–Trinajstić information content (AvgIpc) is 3.26. The molecule has 2 aliphatic heterocycles. The highest BCUT2D eigenvalue weighted by molar-refractivity contribution is 6.29. The van der Waals surface area contributed by atoms with Crippen LogP contribution in [0.25, 0.3) is 22.3 Å². The number of phenolic OH excluding ortho intramolecular Hbond substituents is 1. The molecule has 3 aromatic carbocycles. The lowest BCUT2D eigenvalue weighted by Crippen LogP contribution is -2.95. The third-order valence-corrected chi connectivity index (χ3v) is 5.70. The largest absolute Gasteiger partial charge is 0.623 e. The molecule has 2 amide bonds. The molecule has 0 saturated carbocycles. The van der Waals surface area contributed by atoms with E-state index in [4.69, 9.17) is 0 Å². The molecule has 0 aromatic heterocycles. The number of amides is 2. The van der Waals surface area contributed by atoms with Gasteiger partial charge in [0.05, 0.1) is 22.3 Å². The predicted octanol–water partition coefficient (Wildman–Crippen LogP) is 2.17. The Morgan fingerprint density at radius 3 is 2.44 bits per heavy atom. The van der Waals surface area contributed by atoms with Crippen LogP contribution in [0.2, 0.25) is 0 Å². The third kappa shape index (κ3) is 1.58. The Kier molecular flexibility index (Phi) is 2.51. The summed E-state index contributed by atoms with van der Waals surface area (Å²) in [6.07, 6.45) is 0.517. The molecule has 3 aliphatic rings. The lowest BCUT2D eigenvalue weighted by molar-refractivity contribution is -0.694. The number of benzene rings is 3. The second-order valence-electron chi connectivity index (χ2n) is 7.00. The van der Waals surface area contributed by atoms with E-state index in [-0.39, 0.29) is 16.4 Å². The second-order valence-corrected chi connectivity index (χ2v) is 7.00. The smallest absolute Gasteiger partial charge is 0.259 e. The highest BCUT2D eigenvalue weighted by atomic mass is 16.5. The van der Waals surface area contributed by atoms with E-state index in [1.165, 1.54) is 6.07 Å². The van der Waals surface area contributed by atoms with Crippen LogP contribution in [0.15, 0.2) is 42.5 Å². The maximum Gasteiger partial charge on any atom is 0.259 e. The monoisotopic (exact) mass is 356 g/mol. The summed E-state index contributed by atoms with van der Waals surface area (Å²) < 4.78 is 0. The minimum absolute atomic E-state index is 0.0654. The summed E-state index contributed by atoms with van der Waals surface area (Å²) in [5, 5.41) is 25.8. The first-order chi connectivity index (χ1) is 13.1. The second kappa shape index (κ2) is 4.62. The summed E-state index contributed by atoms with van der Waals surface area (Å²) in [4.78, 5) is 25.3. The Labute approximate surface area is 153 Å². The maximum atomic E-state index is 13.2. The SMILES string of the molecule is O=C1NC(=O)c2c1c1c(c3c2-c2c(O)cccc2[NH+]3[O-])Cc2ccccc2-1. The van der Waals surface area contributed by atoms with Gasteiger partial charge in [0.1, 0.15) is 17.1 Å². The molecule has 27 heavy (non-hydrogen) atoms. The molecule has 0 bridgehead atoms. The van der Waals surface area contributed by atoms with Gasteiger partial charge >= 0.3 is 0 Å². The quantitative estimate of drug-likeness (QED) is 0.332. The van der Waals surface area contributed by atoms with Crippen molar-refractivity contribution in [3.8, 4) is 28.0 Å². The molecule has 1 atom stereocenters. The van der Waals surface area contributed by atoms with Crippen molar-refractivity contribution in [2.24, 2.45) is 0 Å². The standard InChI is InChI=1S/C21H12N2O4/c24-13-7-3-6-12-15(13)16-18-17(20(25)22-21(18)26)14-10-5-2-1-4-9(10)8-11(14)19(16)23(12)27/h1-7,23-24H,8H2,(H,22,25,26). The molecular weight excluding hydrogens is 344 g/mol. The Morgan fingerprint density at radius 1 is 0.889 bits per heavy atom. The van der Waals surface area contributed by atoms with E-state index in [1.54, 1.807) is 12.1 Å². The normalized spacial score (nSPS) is 17.9. The molecule has 0 spiro atoms. The molecule has 3 aromatic rings. The van der Waals surface area contributed by atoms with Crippen LogP contribution in [0.1, 0.15) is 31.8 Å². The van der Waals surface area contributed by atoms with E-state index >= 15 is 0 Å². The van der Waals surface area contributed by atoms with Gasteiger partial charge in [0.15, 0.2) is 0 Å². The summed E-state index contributed by atoms with van der Waals surface area (Å²) in [6.45, 7) is 0. The van der Waals surface area contributed by atoms with Crippen LogP contribution in [0.5, 0.6) is 5.75 Å². The molecule has 130 valence electrons. The number of aromatic hydroxyl groups is 1. The maximum absolute atomic E-state index is 13.2. The van der Waals surface area contributed by atoms with Crippen molar-refractivity contribution in [2.45, 2.75) is 6.42 Å². The first kappa shape index (κ1) is 14.7.